The van der Waals surface area contributed by atoms with Crippen molar-refractivity contribution in [3.8, 4) is 11.5 Å². The van der Waals surface area contributed by atoms with Crippen LogP contribution in [0.15, 0.2) is 30.9 Å². The van der Waals surface area contributed by atoms with Gasteiger partial charge in [-0.3, -0.25) is 0 Å². The van der Waals surface area contributed by atoms with Gasteiger partial charge in [-0.1, -0.05) is 6.58 Å². The highest BCUT2D eigenvalue weighted by molar-refractivity contribution is 5.45. The molecule has 2 heteroatoms. The maximum atomic E-state index is 5.77. The van der Waals surface area contributed by atoms with E-state index < -0.39 is 0 Å². The first-order chi connectivity index (χ1) is 6.67. The largest absolute Gasteiger partial charge is 0.497 e. The molecule has 0 saturated carbocycles. The summed E-state index contributed by atoms with van der Waals surface area (Å²) in [6.45, 7) is 5.82. The first kappa shape index (κ1) is 9.13. The molecule has 0 amide bonds. The Bertz CT molecular complexity index is 371. The van der Waals surface area contributed by atoms with Gasteiger partial charge in [0, 0.05) is 12.0 Å². The van der Waals surface area contributed by atoms with Crippen molar-refractivity contribution in [1.82, 2.24) is 0 Å². The minimum atomic E-state index is -0.255. The molecule has 0 spiro atoms. The van der Waals surface area contributed by atoms with Crippen LogP contribution in [0.5, 0.6) is 11.5 Å². The van der Waals surface area contributed by atoms with Gasteiger partial charge in [0.05, 0.1) is 7.11 Å². The maximum absolute atomic E-state index is 5.77. The van der Waals surface area contributed by atoms with E-state index in [2.05, 4.69) is 6.58 Å². The standard InChI is InChI=1S/C12H14O2/c1-4-12(2)8-9-7-10(13-3)5-6-11(9)14-12/h4-7H,1,8H2,2-3H3/t12-/m0/s1. The molecule has 0 aromatic heterocycles. The van der Waals surface area contributed by atoms with Crippen LogP contribution in [0.3, 0.4) is 0 Å². The number of ether oxygens (including phenoxy) is 2. The van der Waals surface area contributed by atoms with E-state index in [4.69, 9.17) is 9.47 Å². The van der Waals surface area contributed by atoms with E-state index in [-0.39, 0.29) is 5.60 Å². The van der Waals surface area contributed by atoms with Gasteiger partial charge in [-0.2, -0.15) is 0 Å². The zero-order valence-corrected chi connectivity index (χ0v) is 8.54. The van der Waals surface area contributed by atoms with Crippen molar-refractivity contribution in [2.75, 3.05) is 7.11 Å². The lowest BCUT2D eigenvalue weighted by Crippen LogP contribution is -2.26. The number of fused-ring (bicyclic) bond motifs is 1. The minimum absolute atomic E-state index is 0.255. The predicted octanol–water partition coefficient (Wildman–Crippen LogP) is 2.57. The number of methoxy groups -OCH3 is 1. The molecular weight excluding hydrogens is 176 g/mol. The first-order valence-corrected chi connectivity index (χ1v) is 4.66. The average molecular weight is 190 g/mol. The van der Waals surface area contributed by atoms with Gasteiger partial charge < -0.3 is 9.47 Å². The molecule has 14 heavy (non-hydrogen) atoms. The molecule has 1 aromatic carbocycles. The summed E-state index contributed by atoms with van der Waals surface area (Å²) in [5, 5.41) is 0. The van der Waals surface area contributed by atoms with E-state index >= 15 is 0 Å². The first-order valence-electron chi connectivity index (χ1n) is 4.66. The van der Waals surface area contributed by atoms with Crippen LogP contribution < -0.4 is 9.47 Å². The topological polar surface area (TPSA) is 18.5 Å². The highest BCUT2D eigenvalue weighted by Crippen LogP contribution is 2.37. The summed E-state index contributed by atoms with van der Waals surface area (Å²) in [5.41, 5.74) is 0.932. The van der Waals surface area contributed by atoms with Crippen molar-refractivity contribution in [2.24, 2.45) is 0 Å². The summed E-state index contributed by atoms with van der Waals surface area (Å²) in [6.07, 6.45) is 2.71. The summed E-state index contributed by atoms with van der Waals surface area (Å²) in [7, 11) is 1.67. The van der Waals surface area contributed by atoms with Crippen molar-refractivity contribution in [1.29, 1.82) is 0 Å². The average Bonchev–Trinajstić information content (AvgIpc) is 2.54. The Morgan fingerprint density at radius 2 is 2.36 bits per heavy atom. The lowest BCUT2D eigenvalue weighted by molar-refractivity contribution is 0.171. The Morgan fingerprint density at radius 1 is 1.57 bits per heavy atom. The summed E-state index contributed by atoms with van der Waals surface area (Å²) in [5.74, 6) is 1.81. The van der Waals surface area contributed by atoms with Gasteiger partial charge in [-0.25, -0.2) is 0 Å². The maximum Gasteiger partial charge on any atom is 0.128 e. The molecular formula is C12H14O2. The Balaban J connectivity index is 2.35. The molecule has 1 atom stereocenters. The Morgan fingerprint density at radius 3 is 3.00 bits per heavy atom. The number of benzene rings is 1. The Labute approximate surface area is 84.2 Å². The molecule has 1 aliphatic heterocycles. The number of rotatable bonds is 2. The molecule has 74 valence electrons. The smallest absolute Gasteiger partial charge is 0.128 e. The van der Waals surface area contributed by atoms with Crippen LogP contribution >= 0.6 is 0 Å². The number of hydrogen-bond acceptors (Lipinski definition) is 2. The third-order valence-electron chi connectivity index (χ3n) is 2.58. The van der Waals surface area contributed by atoms with Gasteiger partial charge in [0.2, 0.25) is 0 Å². The van der Waals surface area contributed by atoms with Gasteiger partial charge in [-0.05, 0) is 31.2 Å². The third kappa shape index (κ3) is 1.37. The van der Waals surface area contributed by atoms with Gasteiger partial charge in [0.15, 0.2) is 0 Å². The van der Waals surface area contributed by atoms with Gasteiger partial charge in [-0.15, -0.1) is 0 Å². The molecule has 2 rings (SSSR count). The molecule has 1 aliphatic rings. The summed E-state index contributed by atoms with van der Waals surface area (Å²) < 4.78 is 10.9. The molecule has 1 aromatic rings. The van der Waals surface area contributed by atoms with E-state index in [1.807, 2.05) is 31.2 Å². The highest BCUT2D eigenvalue weighted by Gasteiger charge is 2.31. The van der Waals surface area contributed by atoms with Crippen LogP contribution in [-0.4, -0.2) is 12.7 Å². The van der Waals surface area contributed by atoms with Crippen LogP contribution in [0, 0.1) is 0 Å². The number of hydrogen-bond donors (Lipinski definition) is 0. The fourth-order valence-corrected chi connectivity index (χ4v) is 1.70. The van der Waals surface area contributed by atoms with E-state index in [0.717, 1.165) is 17.9 Å². The quantitative estimate of drug-likeness (QED) is 0.667. The van der Waals surface area contributed by atoms with E-state index in [0.29, 0.717) is 0 Å². The fraction of sp³-hybridized carbons (Fsp3) is 0.333. The summed E-state index contributed by atoms with van der Waals surface area (Å²) >= 11 is 0. The Hall–Kier alpha value is -1.44. The molecule has 1 heterocycles. The second kappa shape index (κ2) is 3.05. The second-order valence-electron chi connectivity index (χ2n) is 3.77. The zero-order valence-electron chi connectivity index (χ0n) is 8.54. The molecule has 0 unspecified atom stereocenters. The molecule has 0 bridgehead atoms. The van der Waals surface area contributed by atoms with Crippen LogP contribution in [0.4, 0.5) is 0 Å². The summed E-state index contributed by atoms with van der Waals surface area (Å²) in [6, 6.07) is 5.88. The van der Waals surface area contributed by atoms with E-state index in [1.165, 1.54) is 5.56 Å². The zero-order chi connectivity index (χ0) is 10.2. The SMILES string of the molecule is C=C[C@@]1(C)Cc2cc(OC)ccc2O1. The van der Waals surface area contributed by atoms with Crippen molar-refractivity contribution >= 4 is 0 Å². The molecule has 0 radical (unpaired) electrons. The lowest BCUT2D eigenvalue weighted by Gasteiger charge is -2.18. The monoisotopic (exact) mass is 190 g/mol. The van der Waals surface area contributed by atoms with Crippen molar-refractivity contribution in [3.05, 3.63) is 36.4 Å². The second-order valence-corrected chi connectivity index (χ2v) is 3.77. The Kier molecular flexibility index (Phi) is 1.99. The highest BCUT2D eigenvalue weighted by atomic mass is 16.5. The van der Waals surface area contributed by atoms with Gasteiger partial charge in [0.1, 0.15) is 17.1 Å². The van der Waals surface area contributed by atoms with Crippen molar-refractivity contribution < 1.29 is 9.47 Å². The van der Waals surface area contributed by atoms with Crippen LogP contribution in [0.1, 0.15) is 12.5 Å². The molecule has 0 fully saturated rings. The van der Waals surface area contributed by atoms with Crippen molar-refractivity contribution in [3.63, 3.8) is 0 Å². The van der Waals surface area contributed by atoms with Gasteiger partial charge >= 0.3 is 0 Å². The third-order valence-corrected chi connectivity index (χ3v) is 2.58. The van der Waals surface area contributed by atoms with Gasteiger partial charge in [0.25, 0.3) is 0 Å². The lowest BCUT2D eigenvalue weighted by atomic mass is 10.00. The molecule has 0 saturated heterocycles. The van der Waals surface area contributed by atoms with Crippen LogP contribution in [-0.2, 0) is 6.42 Å². The van der Waals surface area contributed by atoms with Crippen LogP contribution in [0.25, 0.3) is 0 Å². The normalized spacial score (nSPS) is 23.9. The van der Waals surface area contributed by atoms with E-state index in [9.17, 15) is 0 Å². The fourth-order valence-electron chi connectivity index (χ4n) is 1.70. The molecule has 2 nitrogen and oxygen atoms in total. The van der Waals surface area contributed by atoms with Crippen molar-refractivity contribution in [2.45, 2.75) is 18.9 Å². The molecule has 0 N–H and O–H groups in total. The van der Waals surface area contributed by atoms with E-state index in [1.54, 1.807) is 7.11 Å². The summed E-state index contributed by atoms with van der Waals surface area (Å²) in [4.78, 5) is 0. The molecule has 0 aliphatic carbocycles. The predicted molar refractivity (Wildman–Crippen MR) is 55.9 cm³/mol. The van der Waals surface area contributed by atoms with Crippen LogP contribution in [0.2, 0.25) is 0 Å². The minimum Gasteiger partial charge on any atom is -0.497 e.